The van der Waals surface area contributed by atoms with Crippen LogP contribution in [0.3, 0.4) is 0 Å². The fourth-order valence-corrected chi connectivity index (χ4v) is 3.17. The molecule has 2 rings (SSSR count). The third-order valence-corrected chi connectivity index (χ3v) is 4.64. The normalized spacial score (nSPS) is 15.9. The number of nitrogens with one attached hydrogen (secondary N) is 1. The smallest absolute Gasteiger partial charge is 0.412 e. The minimum absolute atomic E-state index is 0.143. The van der Waals surface area contributed by atoms with E-state index in [0.29, 0.717) is 11.3 Å². The summed E-state index contributed by atoms with van der Waals surface area (Å²) >= 11 is 0. The van der Waals surface area contributed by atoms with Crippen molar-refractivity contribution in [3.8, 4) is 0 Å². The minimum atomic E-state index is -0.629. The molecule has 7 nitrogen and oxygen atoms in total. The Bertz CT molecular complexity index is 711. The molecule has 1 N–H and O–H groups in total. The zero-order valence-corrected chi connectivity index (χ0v) is 18.1. The summed E-state index contributed by atoms with van der Waals surface area (Å²) in [5.74, 6) is -0.504. The number of esters is 1. The van der Waals surface area contributed by atoms with E-state index in [1.54, 1.807) is 26.8 Å². The van der Waals surface area contributed by atoms with Crippen LogP contribution in [0.4, 0.5) is 16.2 Å². The van der Waals surface area contributed by atoms with Crippen molar-refractivity contribution in [2.45, 2.75) is 52.7 Å². The van der Waals surface area contributed by atoms with Gasteiger partial charge in [0.1, 0.15) is 5.60 Å². The highest BCUT2D eigenvalue weighted by molar-refractivity contribution is 6.00. The molecule has 156 valence electrons. The lowest BCUT2D eigenvalue weighted by Crippen LogP contribution is -2.53. The number of carbonyl (C=O) groups is 2. The van der Waals surface area contributed by atoms with Crippen molar-refractivity contribution in [1.29, 1.82) is 0 Å². The molecule has 1 aliphatic rings. The first-order valence-corrected chi connectivity index (χ1v) is 9.63. The Kier molecular flexibility index (Phi) is 6.59. The number of ether oxygens (including phenoxy) is 2. The van der Waals surface area contributed by atoms with Crippen LogP contribution in [-0.2, 0) is 9.47 Å². The molecule has 7 heteroatoms. The molecular weight excluding hydrogens is 358 g/mol. The molecule has 28 heavy (non-hydrogen) atoms. The van der Waals surface area contributed by atoms with Gasteiger partial charge in [-0.2, -0.15) is 0 Å². The number of hydrogen-bond acceptors (Lipinski definition) is 6. The van der Waals surface area contributed by atoms with Gasteiger partial charge in [0.25, 0.3) is 0 Å². The fourth-order valence-electron chi connectivity index (χ4n) is 3.17. The Labute approximate surface area is 168 Å². The van der Waals surface area contributed by atoms with Crippen LogP contribution >= 0.6 is 0 Å². The fraction of sp³-hybridized carbons (Fsp3) is 0.619. The van der Waals surface area contributed by atoms with E-state index in [9.17, 15) is 9.59 Å². The van der Waals surface area contributed by atoms with Gasteiger partial charge in [0.05, 0.1) is 18.4 Å². The lowest BCUT2D eigenvalue weighted by atomic mass is 10.0. The molecule has 1 saturated heterocycles. The van der Waals surface area contributed by atoms with Gasteiger partial charge < -0.3 is 14.4 Å². The first-order valence-electron chi connectivity index (χ1n) is 9.63. The van der Waals surface area contributed by atoms with Gasteiger partial charge in [-0.3, -0.25) is 10.2 Å². The van der Waals surface area contributed by atoms with Gasteiger partial charge in [-0.05, 0) is 59.7 Å². The van der Waals surface area contributed by atoms with Crippen LogP contribution in [0.5, 0.6) is 0 Å². The Morgan fingerprint density at radius 3 is 2.11 bits per heavy atom. The summed E-state index contributed by atoms with van der Waals surface area (Å²) < 4.78 is 10.2. The largest absolute Gasteiger partial charge is 0.465 e. The number of nitrogens with zero attached hydrogens (tertiary/aromatic N) is 2. The zero-order valence-electron chi connectivity index (χ0n) is 18.1. The van der Waals surface area contributed by atoms with Crippen molar-refractivity contribution >= 4 is 23.4 Å². The molecule has 1 fully saturated rings. The summed E-state index contributed by atoms with van der Waals surface area (Å²) in [5.41, 5.74) is 1.15. The number of benzene rings is 1. The Morgan fingerprint density at radius 1 is 1.00 bits per heavy atom. The van der Waals surface area contributed by atoms with Crippen LogP contribution in [0.2, 0.25) is 0 Å². The maximum absolute atomic E-state index is 12.2. The summed E-state index contributed by atoms with van der Waals surface area (Å²) in [6, 6.07) is 5.38. The SMILES string of the molecule is COC(=O)c1ccc(N2CCN(C(C)(C)C)CC2)cc1NC(=O)OC(C)(C)C. The van der Waals surface area contributed by atoms with Crippen LogP contribution in [0, 0.1) is 0 Å². The molecule has 1 heterocycles. The summed E-state index contributed by atoms with van der Waals surface area (Å²) in [4.78, 5) is 29.0. The molecule has 0 spiro atoms. The lowest BCUT2D eigenvalue weighted by molar-refractivity contribution is 0.0602. The molecule has 1 amide bonds. The first-order chi connectivity index (χ1) is 12.9. The zero-order chi connectivity index (χ0) is 21.1. The minimum Gasteiger partial charge on any atom is -0.465 e. The predicted molar refractivity (Wildman–Crippen MR) is 111 cm³/mol. The number of rotatable bonds is 3. The van der Waals surface area contributed by atoms with Crippen molar-refractivity contribution in [2.75, 3.05) is 43.5 Å². The molecule has 1 aromatic rings. The monoisotopic (exact) mass is 391 g/mol. The lowest BCUT2D eigenvalue weighted by Gasteiger charge is -2.43. The second kappa shape index (κ2) is 8.39. The van der Waals surface area contributed by atoms with E-state index < -0.39 is 17.7 Å². The standard InChI is InChI=1S/C21H33N3O4/c1-20(2,3)24-12-10-23(11-13-24)15-8-9-16(18(25)27-7)17(14-15)22-19(26)28-21(4,5)6/h8-9,14H,10-13H2,1-7H3,(H,22,26). The molecule has 0 atom stereocenters. The van der Waals surface area contributed by atoms with Crippen molar-refractivity contribution < 1.29 is 19.1 Å². The third-order valence-electron chi connectivity index (χ3n) is 4.64. The Balaban J connectivity index is 2.21. The molecule has 0 aromatic heterocycles. The number of piperazine rings is 1. The summed E-state index contributed by atoms with van der Waals surface area (Å²) in [6.07, 6.45) is -0.604. The van der Waals surface area contributed by atoms with Crippen LogP contribution in [0.15, 0.2) is 18.2 Å². The first kappa shape index (κ1) is 22.0. The number of amides is 1. The number of hydrogen-bond donors (Lipinski definition) is 1. The van der Waals surface area contributed by atoms with E-state index in [4.69, 9.17) is 9.47 Å². The molecule has 0 saturated carbocycles. The molecule has 0 aliphatic carbocycles. The molecular formula is C21H33N3O4. The summed E-state index contributed by atoms with van der Waals surface area (Å²) in [6.45, 7) is 15.7. The van der Waals surface area contributed by atoms with E-state index in [2.05, 4.69) is 35.9 Å². The van der Waals surface area contributed by atoms with Crippen LogP contribution in [-0.4, -0.2) is 61.4 Å². The highest BCUT2D eigenvalue weighted by atomic mass is 16.6. The van der Waals surface area contributed by atoms with E-state index in [0.717, 1.165) is 31.9 Å². The molecule has 0 radical (unpaired) electrons. The highest BCUT2D eigenvalue weighted by Gasteiger charge is 2.27. The van der Waals surface area contributed by atoms with Gasteiger partial charge in [-0.15, -0.1) is 0 Å². The highest BCUT2D eigenvalue weighted by Crippen LogP contribution is 2.27. The molecule has 1 aromatic carbocycles. The van der Waals surface area contributed by atoms with Crippen molar-refractivity contribution in [1.82, 2.24) is 4.90 Å². The van der Waals surface area contributed by atoms with E-state index >= 15 is 0 Å². The van der Waals surface area contributed by atoms with Crippen LogP contribution in [0.25, 0.3) is 0 Å². The van der Waals surface area contributed by atoms with Crippen molar-refractivity contribution in [3.05, 3.63) is 23.8 Å². The van der Waals surface area contributed by atoms with Crippen molar-refractivity contribution in [3.63, 3.8) is 0 Å². The van der Waals surface area contributed by atoms with Gasteiger partial charge in [-0.1, -0.05) is 0 Å². The summed E-state index contributed by atoms with van der Waals surface area (Å²) in [7, 11) is 1.32. The second-order valence-electron chi connectivity index (χ2n) is 8.99. The topological polar surface area (TPSA) is 71.1 Å². The Morgan fingerprint density at radius 2 is 1.61 bits per heavy atom. The van der Waals surface area contributed by atoms with E-state index in [1.807, 2.05) is 12.1 Å². The van der Waals surface area contributed by atoms with E-state index in [-0.39, 0.29) is 5.54 Å². The Hall–Kier alpha value is -2.28. The van der Waals surface area contributed by atoms with E-state index in [1.165, 1.54) is 7.11 Å². The van der Waals surface area contributed by atoms with Crippen LogP contribution in [0.1, 0.15) is 51.9 Å². The maximum Gasteiger partial charge on any atom is 0.412 e. The molecule has 0 unspecified atom stereocenters. The average Bonchev–Trinajstić information content (AvgIpc) is 2.58. The average molecular weight is 392 g/mol. The van der Waals surface area contributed by atoms with Crippen molar-refractivity contribution in [2.24, 2.45) is 0 Å². The summed E-state index contributed by atoms with van der Waals surface area (Å²) in [5, 5.41) is 2.70. The molecule has 1 aliphatic heterocycles. The number of anilines is 2. The maximum atomic E-state index is 12.2. The quantitative estimate of drug-likeness (QED) is 0.792. The third kappa shape index (κ3) is 5.86. The predicted octanol–water partition coefficient (Wildman–Crippen LogP) is 3.74. The number of carbonyl (C=O) groups excluding carboxylic acids is 2. The van der Waals surface area contributed by atoms with Crippen LogP contribution < -0.4 is 10.2 Å². The van der Waals surface area contributed by atoms with Gasteiger partial charge in [0.2, 0.25) is 0 Å². The second-order valence-corrected chi connectivity index (χ2v) is 8.99. The molecule has 0 bridgehead atoms. The van der Waals surface area contributed by atoms with Gasteiger partial charge in [-0.25, -0.2) is 9.59 Å². The van der Waals surface area contributed by atoms with Gasteiger partial charge in [0.15, 0.2) is 0 Å². The van der Waals surface area contributed by atoms with Gasteiger partial charge >= 0.3 is 12.1 Å². The number of methoxy groups -OCH3 is 1. The van der Waals surface area contributed by atoms with Gasteiger partial charge in [0, 0.05) is 37.4 Å².